The van der Waals surface area contributed by atoms with Gasteiger partial charge in [-0.3, -0.25) is 4.79 Å². The first kappa shape index (κ1) is 14.7. The monoisotopic (exact) mass is 308 g/mol. The Morgan fingerprint density at radius 1 is 1.38 bits per heavy atom. The normalized spacial score (nSPS) is 27.9. The number of carbonyl (C=O) groups excluding carboxylic acids is 1. The Balaban J connectivity index is 1.68. The zero-order valence-corrected chi connectivity index (χ0v) is 13.4. The molecule has 0 spiro atoms. The number of ether oxygens (including phenoxy) is 1. The molecule has 3 atom stereocenters. The lowest BCUT2D eigenvalue weighted by molar-refractivity contribution is -0.137. The molecular formula is C16H21ClN2O2. The second-order valence-electron chi connectivity index (χ2n) is 6.31. The zero-order valence-electron chi connectivity index (χ0n) is 12.7. The summed E-state index contributed by atoms with van der Waals surface area (Å²) in [5.41, 5.74) is 1.03. The summed E-state index contributed by atoms with van der Waals surface area (Å²) in [6, 6.07) is 5.96. The van der Waals surface area contributed by atoms with Gasteiger partial charge in [0.05, 0.1) is 0 Å². The number of likely N-dealkylation sites (tertiary alicyclic amines) is 1. The Hall–Kier alpha value is -1.26. The Morgan fingerprint density at radius 2 is 2.14 bits per heavy atom. The van der Waals surface area contributed by atoms with Crippen molar-refractivity contribution in [2.75, 3.05) is 27.2 Å². The van der Waals surface area contributed by atoms with Crippen LogP contribution in [0.25, 0.3) is 0 Å². The quantitative estimate of drug-likeness (QED) is 0.838. The van der Waals surface area contributed by atoms with E-state index in [9.17, 15) is 4.79 Å². The SMILES string of the molecule is CC1CN(C(=O)C2Cc3cc(Cl)ccc3O2)CC1N(C)C. The molecule has 2 heterocycles. The van der Waals surface area contributed by atoms with Crippen molar-refractivity contribution in [3.8, 4) is 5.75 Å². The average molecular weight is 309 g/mol. The molecule has 114 valence electrons. The van der Waals surface area contributed by atoms with Gasteiger partial charge in [0.25, 0.3) is 5.91 Å². The molecule has 0 aliphatic carbocycles. The molecule has 1 aromatic rings. The second kappa shape index (κ2) is 5.50. The van der Waals surface area contributed by atoms with E-state index in [-0.39, 0.29) is 5.91 Å². The summed E-state index contributed by atoms with van der Waals surface area (Å²) in [5.74, 6) is 1.37. The van der Waals surface area contributed by atoms with Crippen LogP contribution in [0.2, 0.25) is 5.02 Å². The summed E-state index contributed by atoms with van der Waals surface area (Å²) in [5, 5.41) is 0.688. The van der Waals surface area contributed by atoms with Crippen LogP contribution in [0.1, 0.15) is 12.5 Å². The van der Waals surface area contributed by atoms with Gasteiger partial charge >= 0.3 is 0 Å². The number of carbonyl (C=O) groups is 1. The van der Waals surface area contributed by atoms with Crippen LogP contribution in [0.5, 0.6) is 5.75 Å². The van der Waals surface area contributed by atoms with Gasteiger partial charge in [0.15, 0.2) is 6.10 Å². The lowest BCUT2D eigenvalue weighted by atomic mass is 10.1. The number of halogens is 1. The predicted octanol–water partition coefficient (Wildman–Crippen LogP) is 2.05. The van der Waals surface area contributed by atoms with Crippen molar-refractivity contribution in [3.05, 3.63) is 28.8 Å². The summed E-state index contributed by atoms with van der Waals surface area (Å²) in [6.45, 7) is 3.78. The van der Waals surface area contributed by atoms with E-state index in [1.54, 1.807) is 6.07 Å². The molecule has 3 unspecified atom stereocenters. The van der Waals surface area contributed by atoms with E-state index in [1.807, 2.05) is 17.0 Å². The molecule has 1 aromatic carbocycles. The van der Waals surface area contributed by atoms with Gasteiger partial charge in [0.1, 0.15) is 5.75 Å². The van der Waals surface area contributed by atoms with E-state index in [0.29, 0.717) is 23.4 Å². The molecule has 0 N–H and O–H groups in total. The highest BCUT2D eigenvalue weighted by Gasteiger charge is 2.39. The number of likely N-dealkylation sites (N-methyl/N-ethyl adjacent to an activating group) is 1. The van der Waals surface area contributed by atoms with Gasteiger partial charge in [-0.15, -0.1) is 0 Å². The van der Waals surface area contributed by atoms with Crippen LogP contribution in [0.15, 0.2) is 18.2 Å². The standard InChI is InChI=1S/C16H21ClN2O2/c1-10-8-19(9-13(10)18(2)3)16(20)15-7-11-6-12(17)4-5-14(11)21-15/h4-6,10,13,15H,7-9H2,1-3H3. The number of amides is 1. The Morgan fingerprint density at radius 3 is 2.81 bits per heavy atom. The van der Waals surface area contributed by atoms with Crippen LogP contribution < -0.4 is 4.74 Å². The second-order valence-corrected chi connectivity index (χ2v) is 6.75. The van der Waals surface area contributed by atoms with Gasteiger partial charge in [-0.05, 0) is 43.8 Å². The van der Waals surface area contributed by atoms with Crippen LogP contribution in [-0.4, -0.2) is 55.0 Å². The maximum atomic E-state index is 12.7. The van der Waals surface area contributed by atoms with Crippen LogP contribution in [0.4, 0.5) is 0 Å². The third-order valence-electron chi connectivity index (χ3n) is 4.52. The number of rotatable bonds is 2. The third kappa shape index (κ3) is 2.74. The van der Waals surface area contributed by atoms with Gasteiger partial charge < -0.3 is 14.5 Å². The van der Waals surface area contributed by atoms with Crippen molar-refractivity contribution < 1.29 is 9.53 Å². The Labute approximate surface area is 130 Å². The molecule has 0 radical (unpaired) electrons. The van der Waals surface area contributed by atoms with Crippen molar-refractivity contribution in [2.45, 2.75) is 25.5 Å². The fourth-order valence-corrected chi connectivity index (χ4v) is 3.56. The van der Waals surface area contributed by atoms with Gasteiger partial charge in [-0.25, -0.2) is 0 Å². The maximum Gasteiger partial charge on any atom is 0.264 e. The molecular weight excluding hydrogens is 288 g/mol. The minimum Gasteiger partial charge on any atom is -0.480 e. The molecule has 2 aliphatic heterocycles. The topological polar surface area (TPSA) is 32.8 Å². The first-order valence-corrected chi connectivity index (χ1v) is 7.74. The van der Waals surface area contributed by atoms with E-state index in [0.717, 1.165) is 24.4 Å². The highest BCUT2D eigenvalue weighted by atomic mass is 35.5. The van der Waals surface area contributed by atoms with Gasteiger partial charge in [-0.1, -0.05) is 18.5 Å². The van der Waals surface area contributed by atoms with E-state index < -0.39 is 6.10 Å². The number of benzene rings is 1. The molecule has 5 heteroatoms. The molecule has 1 fully saturated rings. The van der Waals surface area contributed by atoms with Crippen LogP contribution >= 0.6 is 11.6 Å². The van der Waals surface area contributed by atoms with Crippen molar-refractivity contribution in [2.24, 2.45) is 5.92 Å². The summed E-state index contributed by atoms with van der Waals surface area (Å²) < 4.78 is 5.80. The predicted molar refractivity (Wildman–Crippen MR) is 82.8 cm³/mol. The van der Waals surface area contributed by atoms with E-state index in [1.165, 1.54) is 0 Å². The number of hydrogen-bond acceptors (Lipinski definition) is 3. The highest BCUT2D eigenvalue weighted by Crippen LogP contribution is 2.32. The lowest BCUT2D eigenvalue weighted by Gasteiger charge is -2.23. The molecule has 2 aliphatic rings. The molecule has 21 heavy (non-hydrogen) atoms. The van der Waals surface area contributed by atoms with Crippen LogP contribution in [0.3, 0.4) is 0 Å². The summed E-state index contributed by atoms with van der Waals surface area (Å²) in [7, 11) is 4.14. The highest BCUT2D eigenvalue weighted by molar-refractivity contribution is 6.30. The van der Waals surface area contributed by atoms with E-state index in [4.69, 9.17) is 16.3 Å². The Kier molecular flexibility index (Phi) is 3.84. The van der Waals surface area contributed by atoms with Gasteiger partial charge in [-0.2, -0.15) is 0 Å². The first-order valence-electron chi connectivity index (χ1n) is 7.36. The third-order valence-corrected chi connectivity index (χ3v) is 4.76. The number of nitrogens with zero attached hydrogens (tertiary/aromatic N) is 2. The minimum absolute atomic E-state index is 0.0959. The number of hydrogen-bond donors (Lipinski definition) is 0. The van der Waals surface area contributed by atoms with Crippen molar-refractivity contribution in [3.63, 3.8) is 0 Å². The fraction of sp³-hybridized carbons (Fsp3) is 0.562. The van der Waals surface area contributed by atoms with Crippen molar-refractivity contribution in [1.82, 2.24) is 9.80 Å². The van der Waals surface area contributed by atoms with Crippen LogP contribution in [0, 0.1) is 5.92 Å². The molecule has 1 amide bonds. The average Bonchev–Trinajstić information content (AvgIpc) is 3.00. The summed E-state index contributed by atoms with van der Waals surface area (Å²) >= 11 is 5.99. The minimum atomic E-state index is -0.397. The zero-order chi connectivity index (χ0) is 15.1. The molecule has 0 aromatic heterocycles. The van der Waals surface area contributed by atoms with Crippen molar-refractivity contribution in [1.29, 1.82) is 0 Å². The number of fused-ring (bicyclic) bond motifs is 1. The molecule has 1 saturated heterocycles. The van der Waals surface area contributed by atoms with Crippen molar-refractivity contribution >= 4 is 17.5 Å². The van der Waals surface area contributed by atoms with Gasteiger partial charge in [0.2, 0.25) is 0 Å². The summed E-state index contributed by atoms with van der Waals surface area (Å²) in [6.07, 6.45) is 0.221. The Bertz CT molecular complexity index is 561. The smallest absolute Gasteiger partial charge is 0.264 e. The largest absolute Gasteiger partial charge is 0.480 e. The van der Waals surface area contributed by atoms with E-state index in [2.05, 4.69) is 25.9 Å². The molecule has 0 bridgehead atoms. The van der Waals surface area contributed by atoms with Gasteiger partial charge in [0, 0.05) is 30.6 Å². The first-order chi connectivity index (χ1) is 9.95. The molecule has 4 nitrogen and oxygen atoms in total. The molecule has 0 saturated carbocycles. The van der Waals surface area contributed by atoms with E-state index >= 15 is 0 Å². The lowest BCUT2D eigenvalue weighted by Crippen LogP contribution is -2.41. The fourth-order valence-electron chi connectivity index (χ4n) is 3.36. The summed E-state index contributed by atoms with van der Waals surface area (Å²) in [4.78, 5) is 16.8. The maximum absolute atomic E-state index is 12.7. The molecule has 3 rings (SSSR count). The van der Waals surface area contributed by atoms with Crippen LogP contribution in [-0.2, 0) is 11.2 Å².